The third kappa shape index (κ3) is 3.96. The molecule has 2 rings (SSSR count). The predicted octanol–water partition coefficient (Wildman–Crippen LogP) is 0.789. The van der Waals surface area contributed by atoms with E-state index in [0.29, 0.717) is 12.1 Å². The maximum absolute atomic E-state index is 11.8. The van der Waals surface area contributed by atoms with Crippen LogP contribution in [0.2, 0.25) is 0 Å². The summed E-state index contributed by atoms with van der Waals surface area (Å²) in [7, 11) is 0. The molecule has 0 saturated carbocycles. The minimum atomic E-state index is -0.601. The first-order chi connectivity index (χ1) is 9.96. The van der Waals surface area contributed by atoms with Gasteiger partial charge in [0.1, 0.15) is 0 Å². The number of carbonyl (C=O) groups is 1. The van der Waals surface area contributed by atoms with Crippen LogP contribution in [0.5, 0.6) is 0 Å². The topological polar surface area (TPSA) is 61.6 Å². The fourth-order valence-corrected chi connectivity index (χ4v) is 4.01. The second kappa shape index (κ2) is 7.07. The average Bonchev–Trinajstić information content (AvgIpc) is 2.75. The SMILES string of the molecule is CCNC(C)(CC(C)N1CCCN2CCCC2C1)C(N)=O. The Labute approximate surface area is 129 Å². The Morgan fingerprint density at radius 1 is 1.38 bits per heavy atom. The molecule has 2 saturated heterocycles. The van der Waals surface area contributed by atoms with Gasteiger partial charge in [-0.3, -0.25) is 14.6 Å². The van der Waals surface area contributed by atoms with Crippen molar-refractivity contribution in [2.75, 3.05) is 32.7 Å². The highest BCUT2D eigenvalue weighted by molar-refractivity contribution is 5.84. The second-order valence-corrected chi connectivity index (χ2v) is 6.96. The quantitative estimate of drug-likeness (QED) is 0.761. The lowest BCUT2D eigenvalue weighted by Crippen LogP contribution is -2.56. The van der Waals surface area contributed by atoms with E-state index in [-0.39, 0.29) is 5.91 Å². The number of likely N-dealkylation sites (N-methyl/N-ethyl adjacent to an activating group) is 1. The van der Waals surface area contributed by atoms with Gasteiger partial charge in [0.15, 0.2) is 0 Å². The summed E-state index contributed by atoms with van der Waals surface area (Å²) in [5, 5.41) is 3.28. The zero-order valence-electron chi connectivity index (χ0n) is 13.9. The average molecular weight is 296 g/mol. The molecule has 0 aliphatic carbocycles. The van der Waals surface area contributed by atoms with E-state index in [9.17, 15) is 4.79 Å². The molecule has 0 aromatic carbocycles. The Balaban J connectivity index is 1.97. The number of primary amides is 1. The molecule has 2 aliphatic heterocycles. The predicted molar refractivity (Wildman–Crippen MR) is 86.1 cm³/mol. The maximum Gasteiger partial charge on any atom is 0.237 e. The van der Waals surface area contributed by atoms with E-state index in [0.717, 1.165) is 26.1 Å². The molecule has 5 heteroatoms. The highest BCUT2D eigenvalue weighted by Gasteiger charge is 2.36. The summed E-state index contributed by atoms with van der Waals surface area (Å²) in [5.41, 5.74) is 5.02. The van der Waals surface area contributed by atoms with Gasteiger partial charge in [0, 0.05) is 18.6 Å². The Morgan fingerprint density at radius 2 is 2.10 bits per heavy atom. The number of fused-ring (bicyclic) bond motifs is 1. The van der Waals surface area contributed by atoms with Gasteiger partial charge in [-0.25, -0.2) is 0 Å². The zero-order chi connectivity index (χ0) is 15.5. The smallest absolute Gasteiger partial charge is 0.237 e. The first-order valence-corrected chi connectivity index (χ1v) is 8.49. The summed E-state index contributed by atoms with van der Waals surface area (Å²) >= 11 is 0. The fraction of sp³-hybridized carbons (Fsp3) is 0.938. The molecule has 2 aliphatic rings. The van der Waals surface area contributed by atoms with Crippen LogP contribution in [0.3, 0.4) is 0 Å². The molecule has 3 unspecified atom stereocenters. The van der Waals surface area contributed by atoms with Crippen molar-refractivity contribution in [3.63, 3.8) is 0 Å². The van der Waals surface area contributed by atoms with Gasteiger partial charge in [-0.2, -0.15) is 0 Å². The summed E-state index contributed by atoms with van der Waals surface area (Å²) in [6.45, 7) is 11.7. The third-order valence-electron chi connectivity index (χ3n) is 5.27. The van der Waals surface area contributed by atoms with E-state index in [1.54, 1.807) is 0 Å². The molecule has 2 heterocycles. The Kier molecular flexibility index (Phi) is 5.63. The molecule has 0 spiro atoms. The molecule has 0 aromatic heterocycles. The van der Waals surface area contributed by atoms with Crippen LogP contribution in [-0.4, -0.2) is 66.1 Å². The van der Waals surface area contributed by atoms with E-state index in [1.807, 2.05) is 13.8 Å². The molecule has 21 heavy (non-hydrogen) atoms. The van der Waals surface area contributed by atoms with Gasteiger partial charge < -0.3 is 11.1 Å². The van der Waals surface area contributed by atoms with Crippen molar-refractivity contribution >= 4 is 5.91 Å². The van der Waals surface area contributed by atoms with E-state index in [2.05, 4.69) is 22.0 Å². The van der Waals surface area contributed by atoms with E-state index < -0.39 is 5.54 Å². The van der Waals surface area contributed by atoms with Crippen molar-refractivity contribution in [2.45, 2.75) is 64.1 Å². The lowest BCUT2D eigenvalue weighted by Gasteiger charge is -2.36. The number of hydrogen-bond acceptors (Lipinski definition) is 4. The normalized spacial score (nSPS) is 28.6. The molecular weight excluding hydrogens is 264 g/mol. The zero-order valence-corrected chi connectivity index (χ0v) is 13.9. The van der Waals surface area contributed by atoms with Gasteiger partial charge in [-0.05, 0) is 65.7 Å². The van der Waals surface area contributed by atoms with Crippen LogP contribution in [0.25, 0.3) is 0 Å². The minimum Gasteiger partial charge on any atom is -0.368 e. The van der Waals surface area contributed by atoms with Crippen molar-refractivity contribution < 1.29 is 4.79 Å². The largest absolute Gasteiger partial charge is 0.368 e. The molecule has 5 nitrogen and oxygen atoms in total. The van der Waals surface area contributed by atoms with Crippen molar-refractivity contribution in [1.29, 1.82) is 0 Å². The van der Waals surface area contributed by atoms with Gasteiger partial charge in [0.25, 0.3) is 0 Å². The van der Waals surface area contributed by atoms with Crippen LogP contribution in [0.15, 0.2) is 0 Å². The number of carbonyl (C=O) groups excluding carboxylic acids is 1. The molecule has 2 fully saturated rings. The number of amides is 1. The highest BCUT2D eigenvalue weighted by Crippen LogP contribution is 2.24. The van der Waals surface area contributed by atoms with Crippen LogP contribution in [-0.2, 0) is 4.79 Å². The van der Waals surface area contributed by atoms with Gasteiger partial charge in [0.2, 0.25) is 5.91 Å². The minimum absolute atomic E-state index is 0.242. The number of rotatable bonds is 6. The van der Waals surface area contributed by atoms with Crippen molar-refractivity contribution in [1.82, 2.24) is 15.1 Å². The molecule has 0 radical (unpaired) electrons. The fourth-order valence-electron chi connectivity index (χ4n) is 4.01. The van der Waals surface area contributed by atoms with Crippen LogP contribution in [0.1, 0.15) is 46.5 Å². The van der Waals surface area contributed by atoms with E-state index in [4.69, 9.17) is 5.73 Å². The first-order valence-electron chi connectivity index (χ1n) is 8.49. The van der Waals surface area contributed by atoms with Gasteiger partial charge in [-0.1, -0.05) is 6.92 Å². The van der Waals surface area contributed by atoms with Crippen LogP contribution < -0.4 is 11.1 Å². The maximum atomic E-state index is 11.8. The van der Waals surface area contributed by atoms with Gasteiger partial charge in [0.05, 0.1) is 5.54 Å². The van der Waals surface area contributed by atoms with Crippen LogP contribution >= 0.6 is 0 Å². The second-order valence-electron chi connectivity index (χ2n) is 6.96. The van der Waals surface area contributed by atoms with Crippen molar-refractivity contribution in [3.05, 3.63) is 0 Å². The monoisotopic (exact) mass is 296 g/mol. The molecule has 0 aromatic rings. The van der Waals surface area contributed by atoms with Crippen molar-refractivity contribution in [2.24, 2.45) is 5.73 Å². The van der Waals surface area contributed by atoms with E-state index in [1.165, 1.54) is 32.4 Å². The Bertz CT molecular complexity index is 362. The number of nitrogens with one attached hydrogen (secondary N) is 1. The van der Waals surface area contributed by atoms with Crippen LogP contribution in [0.4, 0.5) is 0 Å². The first kappa shape index (κ1) is 16.7. The summed E-state index contributed by atoms with van der Waals surface area (Å²) in [6, 6.07) is 1.09. The summed E-state index contributed by atoms with van der Waals surface area (Å²) < 4.78 is 0. The molecule has 1 amide bonds. The molecule has 0 bridgehead atoms. The summed E-state index contributed by atoms with van der Waals surface area (Å²) in [6.07, 6.45) is 4.67. The molecule has 122 valence electrons. The lowest BCUT2D eigenvalue weighted by molar-refractivity contribution is -0.124. The molecular formula is C16H32N4O. The molecule has 3 atom stereocenters. The standard InChI is InChI=1S/C16H32N4O/c1-4-18-16(3,15(17)21)11-13(2)20-10-6-9-19-8-5-7-14(19)12-20/h13-14,18H,4-12H2,1-3H3,(H2,17,21). The van der Waals surface area contributed by atoms with E-state index >= 15 is 0 Å². The number of hydrogen-bond donors (Lipinski definition) is 2. The summed E-state index contributed by atoms with van der Waals surface area (Å²) in [5.74, 6) is -0.242. The van der Waals surface area contributed by atoms with Crippen molar-refractivity contribution in [3.8, 4) is 0 Å². The Morgan fingerprint density at radius 3 is 2.76 bits per heavy atom. The number of nitrogens with two attached hydrogens (primary N) is 1. The van der Waals surface area contributed by atoms with Gasteiger partial charge >= 0.3 is 0 Å². The summed E-state index contributed by atoms with van der Waals surface area (Å²) in [4.78, 5) is 17.0. The van der Waals surface area contributed by atoms with Crippen LogP contribution in [0, 0.1) is 0 Å². The lowest BCUT2D eigenvalue weighted by atomic mass is 9.91. The number of nitrogens with zero attached hydrogens (tertiary/aromatic N) is 2. The third-order valence-corrected chi connectivity index (χ3v) is 5.27. The van der Waals surface area contributed by atoms with Gasteiger partial charge in [-0.15, -0.1) is 0 Å². The Hall–Kier alpha value is -0.650. The molecule has 3 N–H and O–H groups in total. The highest BCUT2D eigenvalue weighted by atomic mass is 16.1.